The first kappa shape index (κ1) is 14.0. The highest BCUT2D eigenvalue weighted by Gasteiger charge is 2.16. The summed E-state index contributed by atoms with van der Waals surface area (Å²) in [5.41, 5.74) is 0.149. The molecule has 96 valence electrons. The standard InChI is InChI=1S/C10H9BrN2O5/c1-18-7-3-2-6(10(14)15)9(8(7)11)12-4-5-13(16)17/h2-5,12H,1H3,(H,14,15). The Labute approximate surface area is 110 Å². The maximum atomic E-state index is 11.0. The Bertz CT molecular complexity index is 515. The Morgan fingerprint density at radius 3 is 2.78 bits per heavy atom. The summed E-state index contributed by atoms with van der Waals surface area (Å²) in [5.74, 6) is -0.743. The fraction of sp³-hybridized carbons (Fsp3) is 0.100. The van der Waals surface area contributed by atoms with Crippen molar-refractivity contribution < 1.29 is 19.6 Å². The number of rotatable bonds is 5. The van der Waals surface area contributed by atoms with Gasteiger partial charge in [-0.05, 0) is 28.1 Å². The summed E-state index contributed by atoms with van der Waals surface area (Å²) < 4.78 is 5.38. The highest BCUT2D eigenvalue weighted by Crippen LogP contribution is 2.35. The van der Waals surface area contributed by atoms with Crippen molar-refractivity contribution in [3.8, 4) is 5.75 Å². The molecule has 0 saturated heterocycles. The number of aromatic carboxylic acids is 1. The third kappa shape index (κ3) is 3.20. The Balaban J connectivity index is 3.19. The lowest BCUT2D eigenvalue weighted by Gasteiger charge is -2.11. The number of nitrogens with zero attached hydrogens (tertiary/aromatic N) is 1. The smallest absolute Gasteiger partial charge is 0.337 e. The van der Waals surface area contributed by atoms with Gasteiger partial charge in [-0.2, -0.15) is 0 Å². The number of carboxylic acids is 1. The predicted molar refractivity (Wildman–Crippen MR) is 67.4 cm³/mol. The number of ether oxygens (including phenoxy) is 1. The van der Waals surface area contributed by atoms with E-state index in [1.807, 2.05) is 0 Å². The van der Waals surface area contributed by atoms with Crippen LogP contribution in [0.5, 0.6) is 5.75 Å². The molecule has 0 radical (unpaired) electrons. The number of anilines is 1. The fourth-order valence-corrected chi connectivity index (χ4v) is 1.84. The first-order chi connectivity index (χ1) is 8.47. The van der Waals surface area contributed by atoms with Crippen LogP contribution >= 0.6 is 15.9 Å². The summed E-state index contributed by atoms with van der Waals surface area (Å²) in [7, 11) is 1.43. The van der Waals surface area contributed by atoms with E-state index < -0.39 is 10.9 Å². The van der Waals surface area contributed by atoms with Crippen molar-refractivity contribution >= 4 is 27.6 Å². The molecule has 0 unspecified atom stereocenters. The summed E-state index contributed by atoms with van der Waals surface area (Å²) in [4.78, 5) is 20.5. The van der Waals surface area contributed by atoms with Crippen LogP contribution in [0.15, 0.2) is 29.0 Å². The zero-order valence-corrected chi connectivity index (χ0v) is 10.8. The van der Waals surface area contributed by atoms with E-state index in [-0.39, 0.29) is 11.3 Å². The third-order valence-electron chi connectivity index (χ3n) is 1.98. The van der Waals surface area contributed by atoms with Gasteiger partial charge in [-0.25, -0.2) is 4.79 Å². The zero-order valence-electron chi connectivity index (χ0n) is 9.21. The second-order valence-electron chi connectivity index (χ2n) is 3.05. The molecule has 1 aromatic carbocycles. The van der Waals surface area contributed by atoms with Crippen LogP contribution in [0.1, 0.15) is 10.4 Å². The molecule has 7 nitrogen and oxygen atoms in total. The van der Waals surface area contributed by atoms with Crippen molar-refractivity contribution in [2.45, 2.75) is 0 Å². The van der Waals surface area contributed by atoms with Gasteiger partial charge in [0, 0.05) is 0 Å². The van der Waals surface area contributed by atoms with Crippen LogP contribution in [0.2, 0.25) is 0 Å². The van der Waals surface area contributed by atoms with Gasteiger partial charge >= 0.3 is 5.97 Å². The Morgan fingerprint density at radius 1 is 1.61 bits per heavy atom. The molecule has 2 N–H and O–H groups in total. The predicted octanol–water partition coefficient (Wildman–Crippen LogP) is 2.32. The van der Waals surface area contributed by atoms with E-state index >= 15 is 0 Å². The van der Waals surface area contributed by atoms with Crippen molar-refractivity contribution in [2.75, 3.05) is 12.4 Å². The zero-order chi connectivity index (χ0) is 13.7. The minimum absolute atomic E-state index is 0.0318. The monoisotopic (exact) mass is 316 g/mol. The van der Waals surface area contributed by atoms with Gasteiger partial charge in [-0.1, -0.05) is 0 Å². The molecule has 0 aliphatic rings. The SMILES string of the molecule is COc1ccc(C(=O)O)c(NC=C[N+](=O)[O-])c1Br. The Hall–Kier alpha value is -2.09. The van der Waals surface area contributed by atoms with Crippen LogP contribution in [0.25, 0.3) is 0 Å². The summed E-state index contributed by atoms with van der Waals surface area (Å²) >= 11 is 3.17. The molecule has 1 aromatic rings. The van der Waals surface area contributed by atoms with Crippen LogP contribution in [-0.4, -0.2) is 23.1 Å². The van der Waals surface area contributed by atoms with Crippen molar-refractivity contribution in [3.63, 3.8) is 0 Å². The van der Waals surface area contributed by atoms with Crippen LogP contribution in [0.3, 0.4) is 0 Å². The normalized spacial score (nSPS) is 10.3. The quantitative estimate of drug-likeness (QED) is 0.638. The van der Waals surface area contributed by atoms with E-state index in [0.717, 1.165) is 6.20 Å². The Kier molecular flexibility index (Phi) is 4.67. The van der Waals surface area contributed by atoms with E-state index in [4.69, 9.17) is 9.84 Å². The number of nitrogens with one attached hydrogen (secondary N) is 1. The maximum Gasteiger partial charge on any atom is 0.337 e. The third-order valence-corrected chi connectivity index (χ3v) is 2.77. The van der Waals surface area contributed by atoms with E-state index in [1.165, 1.54) is 19.2 Å². The summed E-state index contributed by atoms with van der Waals surface area (Å²) in [6.07, 6.45) is 1.70. The molecule has 0 spiro atoms. The number of carbonyl (C=O) groups is 1. The number of nitro groups is 1. The van der Waals surface area contributed by atoms with Gasteiger partial charge < -0.3 is 15.2 Å². The van der Waals surface area contributed by atoms with Gasteiger partial charge in [-0.3, -0.25) is 10.1 Å². The molecule has 18 heavy (non-hydrogen) atoms. The summed E-state index contributed by atoms with van der Waals surface area (Å²) in [5, 5.41) is 21.7. The number of hydrogen-bond acceptors (Lipinski definition) is 5. The molecule has 0 heterocycles. The van der Waals surface area contributed by atoms with Gasteiger partial charge in [0.05, 0.1) is 34.0 Å². The van der Waals surface area contributed by atoms with Gasteiger partial charge in [0.15, 0.2) is 0 Å². The van der Waals surface area contributed by atoms with Crippen molar-refractivity contribution in [1.82, 2.24) is 0 Å². The molecular weight excluding hydrogens is 308 g/mol. The number of methoxy groups -OCH3 is 1. The molecular formula is C10H9BrN2O5. The number of hydrogen-bond donors (Lipinski definition) is 2. The fourth-order valence-electron chi connectivity index (χ4n) is 1.22. The van der Waals surface area contributed by atoms with Gasteiger partial charge in [0.25, 0.3) is 0 Å². The summed E-state index contributed by atoms with van der Waals surface area (Å²) in [6, 6.07) is 2.82. The molecule has 0 bridgehead atoms. The van der Waals surface area contributed by atoms with Crippen LogP contribution in [0, 0.1) is 10.1 Å². The van der Waals surface area contributed by atoms with E-state index in [0.29, 0.717) is 16.4 Å². The molecule has 8 heteroatoms. The van der Waals surface area contributed by atoms with E-state index in [2.05, 4.69) is 21.2 Å². The first-order valence-corrected chi connectivity index (χ1v) is 5.43. The second-order valence-corrected chi connectivity index (χ2v) is 3.85. The molecule has 0 aromatic heterocycles. The molecule has 0 saturated carbocycles. The molecule has 0 aliphatic heterocycles. The topological polar surface area (TPSA) is 102 Å². The average Bonchev–Trinajstić information content (AvgIpc) is 2.30. The van der Waals surface area contributed by atoms with Crippen molar-refractivity contribution in [3.05, 3.63) is 44.7 Å². The lowest BCUT2D eigenvalue weighted by Crippen LogP contribution is -2.04. The second kappa shape index (κ2) is 6.01. The van der Waals surface area contributed by atoms with E-state index in [1.54, 1.807) is 0 Å². The molecule has 0 amide bonds. The minimum Gasteiger partial charge on any atom is -0.495 e. The lowest BCUT2D eigenvalue weighted by molar-refractivity contribution is -0.402. The molecule has 0 atom stereocenters. The first-order valence-electron chi connectivity index (χ1n) is 4.64. The summed E-state index contributed by atoms with van der Waals surface area (Å²) in [6.45, 7) is 0. The van der Waals surface area contributed by atoms with Crippen LogP contribution in [0.4, 0.5) is 5.69 Å². The van der Waals surface area contributed by atoms with Crippen LogP contribution < -0.4 is 10.1 Å². The Morgan fingerprint density at radius 2 is 2.28 bits per heavy atom. The maximum absolute atomic E-state index is 11.0. The number of carboxylic acid groups (broad SMARTS) is 1. The molecule has 0 fully saturated rings. The van der Waals surface area contributed by atoms with E-state index in [9.17, 15) is 14.9 Å². The van der Waals surface area contributed by atoms with Crippen LogP contribution in [-0.2, 0) is 0 Å². The van der Waals surface area contributed by atoms with Crippen molar-refractivity contribution in [1.29, 1.82) is 0 Å². The molecule has 1 rings (SSSR count). The van der Waals surface area contributed by atoms with Gasteiger partial charge in [0.1, 0.15) is 5.75 Å². The van der Waals surface area contributed by atoms with Crippen molar-refractivity contribution in [2.24, 2.45) is 0 Å². The lowest BCUT2D eigenvalue weighted by atomic mass is 10.1. The minimum atomic E-state index is -1.16. The highest BCUT2D eigenvalue weighted by atomic mass is 79.9. The highest BCUT2D eigenvalue weighted by molar-refractivity contribution is 9.10. The van der Waals surface area contributed by atoms with Gasteiger partial charge in [-0.15, -0.1) is 0 Å². The number of halogens is 1. The molecule has 0 aliphatic carbocycles. The average molecular weight is 317 g/mol. The van der Waals surface area contributed by atoms with Gasteiger partial charge in [0.2, 0.25) is 6.20 Å². The number of benzene rings is 1. The largest absolute Gasteiger partial charge is 0.495 e.